The number of nitrogens with two attached hydrogens (primary N) is 1. The normalized spacial score (nSPS) is 11.2. The predicted octanol–water partition coefficient (Wildman–Crippen LogP) is 5.41. The van der Waals surface area contributed by atoms with Crippen LogP contribution in [0.25, 0.3) is 44.6 Å². The second-order valence-corrected chi connectivity index (χ2v) is 6.61. The van der Waals surface area contributed by atoms with Crippen LogP contribution in [0.2, 0.25) is 0 Å². The lowest BCUT2D eigenvalue weighted by atomic mass is 10.0. The summed E-state index contributed by atoms with van der Waals surface area (Å²) >= 11 is 0. The van der Waals surface area contributed by atoms with Gasteiger partial charge in [0.15, 0.2) is 17.4 Å². The molecule has 3 N–H and O–H groups in total. The molecule has 0 fully saturated rings. The zero-order chi connectivity index (χ0) is 20.0. The minimum Gasteiger partial charge on any atom is -0.399 e. The molecule has 29 heavy (non-hydrogen) atoms. The molecule has 3 aromatic heterocycles. The van der Waals surface area contributed by atoms with Gasteiger partial charge in [-0.25, -0.2) is 13.8 Å². The Morgan fingerprint density at radius 3 is 2.55 bits per heavy atom. The number of nitrogen functional groups attached to an aromatic ring is 1. The van der Waals surface area contributed by atoms with Crippen molar-refractivity contribution in [3.8, 4) is 33.6 Å². The van der Waals surface area contributed by atoms with Gasteiger partial charge in [0, 0.05) is 40.2 Å². The monoisotopic (exact) mass is 388 g/mol. The van der Waals surface area contributed by atoms with Gasteiger partial charge < -0.3 is 15.2 Å². The molecular formula is C22H14F2N4O. The van der Waals surface area contributed by atoms with Gasteiger partial charge in [-0.2, -0.15) is 0 Å². The maximum atomic E-state index is 14.3. The van der Waals surface area contributed by atoms with Gasteiger partial charge in [0.05, 0.1) is 11.8 Å². The second-order valence-electron chi connectivity index (χ2n) is 6.61. The molecule has 7 heteroatoms. The molecule has 5 rings (SSSR count). The number of rotatable bonds is 3. The number of nitrogens with zero attached hydrogens (tertiary/aromatic N) is 2. The van der Waals surface area contributed by atoms with E-state index in [1.54, 1.807) is 12.4 Å². The van der Waals surface area contributed by atoms with Gasteiger partial charge in [-0.3, -0.25) is 0 Å². The molecule has 0 saturated heterocycles. The molecule has 0 amide bonds. The van der Waals surface area contributed by atoms with Crippen LogP contribution in [0.5, 0.6) is 0 Å². The van der Waals surface area contributed by atoms with Crippen LogP contribution in [0.3, 0.4) is 0 Å². The molecule has 0 aliphatic heterocycles. The highest BCUT2D eigenvalue weighted by molar-refractivity contribution is 5.98. The third-order valence-corrected chi connectivity index (χ3v) is 4.83. The van der Waals surface area contributed by atoms with E-state index >= 15 is 0 Å². The smallest absolute Gasteiger partial charge is 0.176 e. The zero-order valence-corrected chi connectivity index (χ0v) is 15.0. The molecule has 0 radical (unpaired) electrons. The quantitative estimate of drug-likeness (QED) is 0.405. The molecular weight excluding hydrogens is 374 g/mol. The van der Waals surface area contributed by atoms with Gasteiger partial charge in [0.25, 0.3) is 0 Å². The van der Waals surface area contributed by atoms with Gasteiger partial charge in [-0.05, 0) is 29.8 Å². The van der Waals surface area contributed by atoms with Gasteiger partial charge in [-0.1, -0.05) is 29.4 Å². The minimum absolute atomic E-state index is 0.0817. The molecule has 0 spiro atoms. The van der Waals surface area contributed by atoms with Crippen LogP contribution in [-0.2, 0) is 0 Å². The van der Waals surface area contributed by atoms with E-state index in [0.29, 0.717) is 28.2 Å². The number of aromatic nitrogens is 3. The summed E-state index contributed by atoms with van der Waals surface area (Å²) in [6.07, 6.45) is 4.84. The van der Waals surface area contributed by atoms with Crippen molar-refractivity contribution < 1.29 is 13.3 Å². The Balaban J connectivity index is 1.67. The third kappa shape index (κ3) is 2.84. The second kappa shape index (κ2) is 6.56. The maximum absolute atomic E-state index is 14.3. The van der Waals surface area contributed by atoms with Gasteiger partial charge in [0.2, 0.25) is 0 Å². The first-order valence-corrected chi connectivity index (χ1v) is 8.84. The van der Waals surface area contributed by atoms with Crippen LogP contribution in [0.4, 0.5) is 14.5 Å². The average molecular weight is 388 g/mol. The Morgan fingerprint density at radius 2 is 1.72 bits per heavy atom. The van der Waals surface area contributed by atoms with Crippen molar-refractivity contribution in [1.82, 2.24) is 15.1 Å². The molecule has 0 bridgehead atoms. The fourth-order valence-electron chi connectivity index (χ4n) is 3.36. The Kier molecular flexibility index (Phi) is 3.87. The average Bonchev–Trinajstić information content (AvgIpc) is 3.36. The Hall–Kier alpha value is -4.00. The van der Waals surface area contributed by atoms with Crippen molar-refractivity contribution in [3.05, 3.63) is 78.8 Å². The summed E-state index contributed by atoms with van der Waals surface area (Å²) in [5.74, 6) is -1.55. The number of anilines is 1. The van der Waals surface area contributed by atoms with Crippen LogP contribution in [0, 0.1) is 11.6 Å². The first kappa shape index (κ1) is 17.1. The molecule has 0 saturated carbocycles. The van der Waals surface area contributed by atoms with Gasteiger partial charge in [-0.15, -0.1) is 0 Å². The standard InChI is InChI=1S/C22H14F2N4O/c23-19-3-1-2-15(20(19)24)18-11-28-29-21(18)17-10-27-22-16(17)8-13(9-26-22)12-4-6-14(25)7-5-12/h1-11H,25H2,(H,26,27). The Bertz CT molecular complexity index is 1340. The predicted molar refractivity (Wildman–Crippen MR) is 107 cm³/mol. The molecule has 3 heterocycles. The molecule has 0 aliphatic rings. The van der Waals surface area contributed by atoms with E-state index in [1.807, 2.05) is 30.3 Å². The molecule has 5 nitrogen and oxygen atoms in total. The number of aromatic amines is 1. The molecule has 0 atom stereocenters. The van der Waals surface area contributed by atoms with Crippen LogP contribution < -0.4 is 5.73 Å². The van der Waals surface area contributed by atoms with Crippen molar-refractivity contribution in [2.45, 2.75) is 0 Å². The molecule has 0 aliphatic carbocycles. The van der Waals surface area contributed by atoms with E-state index in [2.05, 4.69) is 15.1 Å². The van der Waals surface area contributed by atoms with Crippen LogP contribution in [-0.4, -0.2) is 15.1 Å². The minimum atomic E-state index is -0.947. The van der Waals surface area contributed by atoms with Crippen molar-refractivity contribution in [3.63, 3.8) is 0 Å². The topological polar surface area (TPSA) is 80.7 Å². The summed E-state index contributed by atoms with van der Waals surface area (Å²) < 4.78 is 33.5. The SMILES string of the molecule is Nc1ccc(-c2cnc3[nH]cc(-c4oncc4-c4cccc(F)c4F)c3c2)cc1. The number of H-pyrrole nitrogens is 1. The molecule has 0 unspecified atom stereocenters. The zero-order valence-electron chi connectivity index (χ0n) is 15.0. The van der Waals surface area contributed by atoms with Crippen molar-refractivity contribution in [2.24, 2.45) is 0 Å². The van der Waals surface area contributed by atoms with Gasteiger partial charge >= 0.3 is 0 Å². The van der Waals surface area contributed by atoms with Crippen LogP contribution >= 0.6 is 0 Å². The summed E-state index contributed by atoms with van der Waals surface area (Å²) in [4.78, 5) is 7.54. The van der Waals surface area contributed by atoms with E-state index in [0.717, 1.165) is 22.6 Å². The van der Waals surface area contributed by atoms with E-state index in [-0.39, 0.29) is 5.56 Å². The largest absolute Gasteiger partial charge is 0.399 e. The summed E-state index contributed by atoms with van der Waals surface area (Å²) in [6.45, 7) is 0. The lowest BCUT2D eigenvalue weighted by Gasteiger charge is -2.05. The summed E-state index contributed by atoms with van der Waals surface area (Å²) in [6, 6.07) is 13.4. The van der Waals surface area contributed by atoms with Crippen LogP contribution in [0.15, 0.2) is 71.6 Å². The fourth-order valence-corrected chi connectivity index (χ4v) is 3.36. The number of benzene rings is 2. The van der Waals surface area contributed by atoms with E-state index < -0.39 is 11.6 Å². The lowest BCUT2D eigenvalue weighted by Crippen LogP contribution is -1.89. The van der Waals surface area contributed by atoms with E-state index in [4.69, 9.17) is 10.3 Å². The van der Waals surface area contributed by atoms with Gasteiger partial charge in [0.1, 0.15) is 5.65 Å². The van der Waals surface area contributed by atoms with Crippen molar-refractivity contribution in [2.75, 3.05) is 5.73 Å². The van der Waals surface area contributed by atoms with Crippen molar-refractivity contribution in [1.29, 1.82) is 0 Å². The Labute approximate surface area is 163 Å². The maximum Gasteiger partial charge on any atom is 0.176 e. The number of fused-ring (bicyclic) bond motifs is 1. The summed E-state index contributed by atoms with van der Waals surface area (Å²) in [5.41, 5.74) is 10.0. The van der Waals surface area contributed by atoms with E-state index in [1.165, 1.54) is 18.3 Å². The molecule has 142 valence electrons. The lowest BCUT2D eigenvalue weighted by molar-refractivity contribution is 0.432. The number of halogens is 2. The first-order chi connectivity index (χ1) is 14.1. The highest BCUT2D eigenvalue weighted by Crippen LogP contribution is 2.38. The van der Waals surface area contributed by atoms with E-state index in [9.17, 15) is 8.78 Å². The third-order valence-electron chi connectivity index (χ3n) is 4.83. The highest BCUT2D eigenvalue weighted by Gasteiger charge is 2.21. The van der Waals surface area contributed by atoms with Crippen molar-refractivity contribution >= 4 is 16.7 Å². The molecule has 5 aromatic rings. The number of nitrogens with one attached hydrogen (secondary N) is 1. The summed E-state index contributed by atoms with van der Waals surface area (Å²) in [7, 11) is 0. The highest BCUT2D eigenvalue weighted by atomic mass is 19.2. The molecule has 2 aromatic carbocycles. The summed E-state index contributed by atoms with van der Waals surface area (Å²) in [5, 5.41) is 4.58. The first-order valence-electron chi connectivity index (χ1n) is 8.84. The number of hydrogen-bond donors (Lipinski definition) is 2. The Morgan fingerprint density at radius 1 is 0.897 bits per heavy atom. The van der Waals surface area contributed by atoms with Crippen LogP contribution in [0.1, 0.15) is 0 Å². The number of pyridine rings is 1. The fraction of sp³-hybridized carbons (Fsp3) is 0. The number of hydrogen-bond acceptors (Lipinski definition) is 4.